The van der Waals surface area contributed by atoms with Crippen molar-refractivity contribution in [2.24, 2.45) is 0 Å². The normalized spacial score (nSPS) is 15.3. The molecule has 0 aliphatic heterocycles. The number of anilines is 1. The van der Waals surface area contributed by atoms with E-state index in [1.165, 1.54) is 6.08 Å². The predicted molar refractivity (Wildman–Crippen MR) is 66.1 cm³/mol. The lowest BCUT2D eigenvalue weighted by Gasteiger charge is -2.00. The third-order valence-corrected chi connectivity index (χ3v) is 2.72. The molecule has 16 heavy (non-hydrogen) atoms. The third kappa shape index (κ3) is 3.00. The zero-order chi connectivity index (χ0) is 11.5. The van der Waals surface area contributed by atoms with Gasteiger partial charge in [0.05, 0.1) is 10.7 Å². The molecule has 1 aromatic rings. The summed E-state index contributed by atoms with van der Waals surface area (Å²) in [4.78, 5) is 11.4. The van der Waals surface area contributed by atoms with Crippen LogP contribution in [0.2, 0.25) is 5.02 Å². The quantitative estimate of drug-likeness (QED) is 0.625. The molecular formula is C12H13ClN2O. The van der Waals surface area contributed by atoms with Crippen LogP contribution in [0.1, 0.15) is 18.4 Å². The number of carbonyl (C=O) groups is 1. The van der Waals surface area contributed by atoms with Gasteiger partial charge in [0.15, 0.2) is 0 Å². The molecule has 4 heteroatoms. The Balaban J connectivity index is 1.98. The maximum Gasteiger partial charge on any atom is 0.244 e. The van der Waals surface area contributed by atoms with Gasteiger partial charge in [-0.2, -0.15) is 0 Å². The van der Waals surface area contributed by atoms with Crippen LogP contribution in [0.4, 0.5) is 5.69 Å². The van der Waals surface area contributed by atoms with Crippen molar-refractivity contribution in [2.75, 3.05) is 5.73 Å². The van der Waals surface area contributed by atoms with E-state index < -0.39 is 0 Å². The summed E-state index contributed by atoms with van der Waals surface area (Å²) in [7, 11) is 0. The van der Waals surface area contributed by atoms with Gasteiger partial charge in [0, 0.05) is 12.1 Å². The first-order valence-corrected chi connectivity index (χ1v) is 5.56. The van der Waals surface area contributed by atoms with E-state index in [1.807, 2.05) is 6.07 Å². The lowest BCUT2D eigenvalue weighted by molar-refractivity contribution is -0.116. The molecule has 0 unspecified atom stereocenters. The fourth-order valence-corrected chi connectivity index (χ4v) is 1.43. The molecule has 0 radical (unpaired) electrons. The van der Waals surface area contributed by atoms with Gasteiger partial charge in [0.25, 0.3) is 0 Å². The number of hydrogen-bond acceptors (Lipinski definition) is 2. The predicted octanol–water partition coefficient (Wildman–Crippen LogP) is 2.21. The first kappa shape index (κ1) is 11.0. The van der Waals surface area contributed by atoms with E-state index in [9.17, 15) is 4.79 Å². The minimum Gasteiger partial charge on any atom is -0.398 e. The van der Waals surface area contributed by atoms with Crippen molar-refractivity contribution in [1.29, 1.82) is 0 Å². The molecule has 1 saturated carbocycles. The number of nitrogen functional groups attached to an aromatic ring is 1. The van der Waals surface area contributed by atoms with Crippen LogP contribution in [0, 0.1) is 0 Å². The van der Waals surface area contributed by atoms with Crippen LogP contribution in [-0.2, 0) is 4.79 Å². The molecule has 1 aromatic carbocycles. The summed E-state index contributed by atoms with van der Waals surface area (Å²) in [6, 6.07) is 5.66. The van der Waals surface area contributed by atoms with Gasteiger partial charge >= 0.3 is 0 Å². The summed E-state index contributed by atoms with van der Waals surface area (Å²) in [5.41, 5.74) is 7.04. The number of hydrogen-bond donors (Lipinski definition) is 2. The Labute approximate surface area is 99.3 Å². The molecule has 1 aliphatic rings. The molecule has 3 nitrogen and oxygen atoms in total. The van der Waals surface area contributed by atoms with E-state index in [0.29, 0.717) is 16.8 Å². The molecule has 0 atom stereocenters. The summed E-state index contributed by atoms with van der Waals surface area (Å²) in [5.74, 6) is -0.0592. The fourth-order valence-electron chi connectivity index (χ4n) is 1.31. The maximum atomic E-state index is 11.4. The fraction of sp³-hybridized carbons (Fsp3) is 0.250. The molecule has 0 saturated heterocycles. The van der Waals surface area contributed by atoms with Crippen molar-refractivity contribution in [3.8, 4) is 0 Å². The van der Waals surface area contributed by atoms with Gasteiger partial charge < -0.3 is 11.1 Å². The highest BCUT2D eigenvalue weighted by Gasteiger charge is 2.21. The number of halogens is 1. The molecule has 3 N–H and O–H groups in total. The summed E-state index contributed by atoms with van der Waals surface area (Å²) in [5, 5.41) is 3.39. The van der Waals surface area contributed by atoms with Crippen LogP contribution in [-0.4, -0.2) is 11.9 Å². The van der Waals surface area contributed by atoms with Crippen molar-refractivity contribution >= 4 is 29.3 Å². The van der Waals surface area contributed by atoms with Gasteiger partial charge in [-0.15, -0.1) is 0 Å². The molecule has 0 aromatic heterocycles. The Kier molecular flexibility index (Phi) is 3.15. The molecule has 0 spiro atoms. The molecule has 0 heterocycles. The highest BCUT2D eigenvalue weighted by molar-refractivity contribution is 6.33. The van der Waals surface area contributed by atoms with Crippen LogP contribution < -0.4 is 11.1 Å². The van der Waals surface area contributed by atoms with Crippen LogP contribution in [0.5, 0.6) is 0 Å². The van der Waals surface area contributed by atoms with E-state index in [1.54, 1.807) is 18.2 Å². The molecule has 1 aliphatic carbocycles. The Morgan fingerprint density at radius 3 is 2.88 bits per heavy atom. The average Bonchev–Trinajstić information content (AvgIpc) is 3.04. The summed E-state index contributed by atoms with van der Waals surface area (Å²) in [6.45, 7) is 0. The molecular weight excluding hydrogens is 224 g/mol. The van der Waals surface area contributed by atoms with Crippen molar-refractivity contribution in [3.05, 3.63) is 34.9 Å². The number of nitrogens with two attached hydrogens (primary N) is 1. The van der Waals surface area contributed by atoms with E-state index in [-0.39, 0.29) is 5.91 Å². The summed E-state index contributed by atoms with van der Waals surface area (Å²) >= 11 is 5.79. The van der Waals surface area contributed by atoms with Crippen molar-refractivity contribution in [3.63, 3.8) is 0 Å². The van der Waals surface area contributed by atoms with Crippen LogP contribution in [0.3, 0.4) is 0 Å². The van der Waals surface area contributed by atoms with E-state index in [2.05, 4.69) is 5.32 Å². The minimum atomic E-state index is -0.0592. The Morgan fingerprint density at radius 1 is 1.50 bits per heavy atom. The van der Waals surface area contributed by atoms with Crippen molar-refractivity contribution in [1.82, 2.24) is 5.32 Å². The highest BCUT2D eigenvalue weighted by atomic mass is 35.5. The molecule has 1 fully saturated rings. The topological polar surface area (TPSA) is 55.1 Å². The number of nitrogens with one attached hydrogen (secondary N) is 1. The monoisotopic (exact) mass is 236 g/mol. The Morgan fingerprint density at radius 2 is 2.25 bits per heavy atom. The summed E-state index contributed by atoms with van der Waals surface area (Å²) < 4.78 is 0. The van der Waals surface area contributed by atoms with Crippen LogP contribution in [0.15, 0.2) is 24.3 Å². The second kappa shape index (κ2) is 4.58. The SMILES string of the molecule is Nc1cc(/C=C/C(=O)NC2CC2)ccc1Cl. The van der Waals surface area contributed by atoms with Gasteiger partial charge in [-0.05, 0) is 36.6 Å². The third-order valence-electron chi connectivity index (χ3n) is 2.37. The summed E-state index contributed by atoms with van der Waals surface area (Å²) in [6.07, 6.45) is 5.42. The number of amides is 1. The zero-order valence-corrected chi connectivity index (χ0v) is 9.50. The van der Waals surface area contributed by atoms with Gasteiger partial charge in [0.2, 0.25) is 5.91 Å². The largest absolute Gasteiger partial charge is 0.398 e. The van der Waals surface area contributed by atoms with Gasteiger partial charge in [-0.3, -0.25) is 4.79 Å². The first-order valence-electron chi connectivity index (χ1n) is 5.19. The number of rotatable bonds is 3. The molecule has 1 amide bonds. The number of carbonyl (C=O) groups excluding carboxylic acids is 1. The van der Waals surface area contributed by atoms with E-state index >= 15 is 0 Å². The zero-order valence-electron chi connectivity index (χ0n) is 8.74. The van der Waals surface area contributed by atoms with Gasteiger partial charge in [-0.25, -0.2) is 0 Å². The smallest absolute Gasteiger partial charge is 0.244 e. The average molecular weight is 237 g/mol. The van der Waals surface area contributed by atoms with Gasteiger partial charge in [-0.1, -0.05) is 17.7 Å². The Hall–Kier alpha value is -1.48. The van der Waals surface area contributed by atoms with Crippen molar-refractivity contribution < 1.29 is 4.79 Å². The van der Waals surface area contributed by atoms with E-state index in [4.69, 9.17) is 17.3 Å². The second-order valence-corrected chi connectivity index (χ2v) is 4.30. The lowest BCUT2D eigenvalue weighted by atomic mass is 10.2. The van der Waals surface area contributed by atoms with Crippen LogP contribution >= 0.6 is 11.6 Å². The molecule has 2 rings (SSSR count). The maximum absolute atomic E-state index is 11.4. The van der Waals surface area contributed by atoms with Gasteiger partial charge in [0.1, 0.15) is 0 Å². The standard InChI is InChI=1S/C12H13ClN2O/c13-10-5-1-8(7-11(10)14)2-6-12(16)15-9-3-4-9/h1-2,5-7,9H,3-4,14H2,(H,15,16)/b6-2+. The first-order chi connectivity index (χ1) is 7.65. The highest BCUT2D eigenvalue weighted by Crippen LogP contribution is 2.20. The van der Waals surface area contributed by atoms with Crippen LogP contribution in [0.25, 0.3) is 6.08 Å². The van der Waals surface area contributed by atoms with E-state index in [0.717, 1.165) is 18.4 Å². The minimum absolute atomic E-state index is 0.0592. The molecule has 0 bridgehead atoms. The second-order valence-electron chi connectivity index (χ2n) is 3.90. The lowest BCUT2D eigenvalue weighted by Crippen LogP contribution is -2.22. The Bertz CT molecular complexity index is 439. The number of benzene rings is 1. The van der Waals surface area contributed by atoms with Crippen molar-refractivity contribution in [2.45, 2.75) is 18.9 Å². The molecule has 84 valence electrons.